The molecule has 2 amide bonds. The molecule has 0 bridgehead atoms. The molecule has 10 heteroatoms. The highest BCUT2D eigenvalue weighted by molar-refractivity contribution is 6.00. The number of para-hydroxylation sites is 1. The Hall–Kier alpha value is -5.14. The first-order valence-corrected chi connectivity index (χ1v) is 16.9. The minimum atomic E-state index is -0.0553. The van der Waals surface area contributed by atoms with Gasteiger partial charge in [-0.3, -0.25) is 9.59 Å². The molecule has 1 aliphatic carbocycles. The van der Waals surface area contributed by atoms with Gasteiger partial charge in [0.05, 0.1) is 30.0 Å². The molecule has 2 aliphatic heterocycles. The van der Waals surface area contributed by atoms with Crippen molar-refractivity contribution in [2.45, 2.75) is 44.8 Å². The van der Waals surface area contributed by atoms with Crippen LogP contribution in [0.25, 0.3) is 33.5 Å². The number of hydrogen-bond acceptors (Lipinski definition) is 6. The first-order valence-electron chi connectivity index (χ1n) is 16.9. The zero-order chi connectivity index (χ0) is 32.9. The highest BCUT2D eigenvalue weighted by Gasteiger charge is 2.34. The quantitative estimate of drug-likeness (QED) is 0.246. The fourth-order valence-electron chi connectivity index (χ4n) is 7.39. The molecule has 8 rings (SSSR count). The van der Waals surface area contributed by atoms with Crippen molar-refractivity contribution < 1.29 is 14.3 Å². The van der Waals surface area contributed by atoms with Crippen LogP contribution in [0.3, 0.4) is 0 Å². The van der Waals surface area contributed by atoms with E-state index >= 15 is 0 Å². The van der Waals surface area contributed by atoms with E-state index in [1.807, 2.05) is 21.9 Å². The van der Waals surface area contributed by atoms with E-state index in [4.69, 9.17) is 20.7 Å². The third-order valence-electron chi connectivity index (χ3n) is 10.1. The topological polar surface area (TPSA) is 122 Å². The molecule has 2 aromatic heterocycles. The maximum atomic E-state index is 13.7. The van der Waals surface area contributed by atoms with Crippen LogP contribution in [0.5, 0.6) is 5.75 Å². The highest BCUT2D eigenvalue weighted by Crippen LogP contribution is 2.39. The number of nitriles is 1. The van der Waals surface area contributed by atoms with Crippen molar-refractivity contribution in [3.05, 3.63) is 83.4 Å². The van der Waals surface area contributed by atoms with Crippen LogP contribution in [-0.2, 0) is 13.1 Å². The van der Waals surface area contributed by atoms with E-state index in [0.717, 1.165) is 36.4 Å². The van der Waals surface area contributed by atoms with Crippen molar-refractivity contribution in [1.29, 1.82) is 5.26 Å². The Bertz CT molecular complexity index is 2080. The van der Waals surface area contributed by atoms with Gasteiger partial charge in [-0.05, 0) is 80.1 Å². The second-order valence-corrected chi connectivity index (χ2v) is 13.7. The Morgan fingerprint density at radius 3 is 2.38 bits per heavy atom. The molecule has 48 heavy (non-hydrogen) atoms. The average Bonchev–Trinajstić information content (AvgIpc) is 3.75. The summed E-state index contributed by atoms with van der Waals surface area (Å²) in [5, 5.41) is 10.3. The molecule has 5 aromatic rings. The predicted molar refractivity (Wildman–Crippen MR) is 184 cm³/mol. The number of fused-ring (bicyclic) bond motifs is 2. The second kappa shape index (κ2) is 12.1. The third-order valence-corrected chi connectivity index (χ3v) is 10.1. The molecule has 3 aliphatic rings. The van der Waals surface area contributed by atoms with Gasteiger partial charge in [0, 0.05) is 73.3 Å². The van der Waals surface area contributed by atoms with Gasteiger partial charge in [0.2, 0.25) is 0 Å². The SMILES string of the molecule is COc1cc(C(=O)N2CCC[C@@H](N)C2)cc2nc(-c3cc4ccccc4n3CC3CC3)n(CC3CN(C(=O)c4ccc(C#N)cc4)C3)c12. The predicted octanol–water partition coefficient (Wildman–Crippen LogP) is 5.28. The maximum Gasteiger partial charge on any atom is 0.254 e. The van der Waals surface area contributed by atoms with Crippen molar-refractivity contribution in [3.63, 3.8) is 0 Å². The minimum Gasteiger partial charge on any atom is -0.494 e. The largest absolute Gasteiger partial charge is 0.494 e. The summed E-state index contributed by atoms with van der Waals surface area (Å²) >= 11 is 0. The van der Waals surface area contributed by atoms with Crippen LogP contribution < -0.4 is 10.5 Å². The van der Waals surface area contributed by atoms with Crippen molar-refractivity contribution in [2.75, 3.05) is 33.3 Å². The van der Waals surface area contributed by atoms with Crippen molar-refractivity contribution in [2.24, 2.45) is 17.6 Å². The molecule has 1 saturated carbocycles. The van der Waals surface area contributed by atoms with E-state index in [2.05, 4.69) is 45.5 Å². The van der Waals surface area contributed by atoms with Gasteiger partial charge in [0.25, 0.3) is 11.8 Å². The second-order valence-electron chi connectivity index (χ2n) is 13.7. The van der Waals surface area contributed by atoms with Gasteiger partial charge in [0.15, 0.2) is 5.82 Å². The first kappa shape index (κ1) is 30.2. The maximum absolute atomic E-state index is 13.7. The summed E-state index contributed by atoms with van der Waals surface area (Å²) < 4.78 is 10.6. The number of amides is 2. The summed E-state index contributed by atoms with van der Waals surface area (Å²) in [6.45, 7) is 4.01. The molecule has 3 aromatic carbocycles. The van der Waals surface area contributed by atoms with Gasteiger partial charge >= 0.3 is 0 Å². The van der Waals surface area contributed by atoms with Crippen LogP contribution in [0.1, 0.15) is 52.0 Å². The first-order chi connectivity index (χ1) is 23.4. The lowest BCUT2D eigenvalue weighted by atomic mass is 9.98. The number of carbonyl (C=O) groups is 2. The lowest BCUT2D eigenvalue weighted by Crippen LogP contribution is -2.51. The van der Waals surface area contributed by atoms with Crippen molar-refractivity contribution >= 4 is 33.8 Å². The van der Waals surface area contributed by atoms with Gasteiger partial charge < -0.3 is 29.4 Å². The normalized spacial score (nSPS) is 18.2. The zero-order valence-corrected chi connectivity index (χ0v) is 27.1. The highest BCUT2D eigenvalue weighted by atomic mass is 16.5. The number of ether oxygens (including phenoxy) is 1. The number of carbonyl (C=O) groups excluding carboxylic acids is 2. The number of hydrogen-bond donors (Lipinski definition) is 1. The van der Waals surface area contributed by atoms with Crippen molar-refractivity contribution in [1.82, 2.24) is 23.9 Å². The van der Waals surface area contributed by atoms with Crippen LogP contribution in [0.15, 0.2) is 66.7 Å². The Balaban J connectivity index is 1.18. The van der Waals surface area contributed by atoms with Crippen LogP contribution in [-0.4, -0.2) is 75.1 Å². The van der Waals surface area contributed by atoms with E-state index in [1.54, 1.807) is 31.4 Å². The summed E-state index contributed by atoms with van der Waals surface area (Å²) in [7, 11) is 1.64. The average molecular weight is 642 g/mol. The smallest absolute Gasteiger partial charge is 0.254 e. The summed E-state index contributed by atoms with van der Waals surface area (Å²) in [6.07, 6.45) is 4.27. The van der Waals surface area contributed by atoms with Gasteiger partial charge in [-0.25, -0.2) is 4.98 Å². The summed E-state index contributed by atoms with van der Waals surface area (Å²) in [5.41, 5.74) is 11.7. The molecule has 0 unspecified atom stereocenters. The molecule has 1 atom stereocenters. The Morgan fingerprint density at radius 1 is 0.896 bits per heavy atom. The van der Waals surface area contributed by atoms with E-state index in [0.29, 0.717) is 66.6 Å². The van der Waals surface area contributed by atoms with Crippen LogP contribution >= 0.6 is 0 Å². The lowest BCUT2D eigenvalue weighted by Gasteiger charge is -2.40. The number of nitrogens with zero attached hydrogens (tertiary/aromatic N) is 6. The molecule has 0 spiro atoms. The number of benzene rings is 3. The van der Waals surface area contributed by atoms with Gasteiger partial charge in [-0.2, -0.15) is 5.26 Å². The molecule has 10 nitrogen and oxygen atoms in total. The standard InChI is InChI=1S/C38H39N7O3/c1-48-34-17-29(38(47)42-14-4-6-30(40)23-42)15-31-35(34)45(22-26-19-43(20-26)37(46)27-12-10-24(18-39)11-13-27)36(41-31)33-16-28-5-2-3-7-32(28)44(33)21-25-8-9-25/h2-3,5,7,10-13,15-17,25-26,30H,4,6,8-9,14,19-23,40H2,1H3/t30-/m1/s1. The Morgan fingerprint density at radius 2 is 1.65 bits per heavy atom. The summed E-state index contributed by atoms with van der Waals surface area (Å²) in [5.74, 6) is 2.20. The minimum absolute atomic E-state index is 0.0154. The molecule has 2 saturated heterocycles. The number of nitrogens with two attached hydrogens (primary N) is 1. The third kappa shape index (κ3) is 5.48. The van der Waals surface area contributed by atoms with Gasteiger partial charge in [0.1, 0.15) is 11.3 Å². The van der Waals surface area contributed by atoms with E-state index in [-0.39, 0.29) is 23.8 Å². The molecule has 0 radical (unpaired) electrons. The van der Waals surface area contributed by atoms with Gasteiger partial charge in [-0.15, -0.1) is 0 Å². The number of likely N-dealkylation sites (tertiary alicyclic amines) is 2. The molecular formula is C38H39N7O3. The molecule has 244 valence electrons. The molecule has 3 fully saturated rings. The number of piperidine rings is 1. The fourth-order valence-corrected chi connectivity index (χ4v) is 7.39. The van der Waals surface area contributed by atoms with Gasteiger partial charge in [-0.1, -0.05) is 18.2 Å². The van der Waals surface area contributed by atoms with Crippen LogP contribution in [0.2, 0.25) is 0 Å². The molecule has 2 N–H and O–H groups in total. The lowest BCUT2D eigenvalue weighted by molar-refractivity contribution is 0.0471. The monoisotopic (exact) mass is 641 g/mol. The van der Waals surface area contributed by atoms with E-state index in [9.17, 15) is 9.59 Å². The molecule has 4 heterocycles. The van der Waals surface area contributed by atoms with E-state index < -0.39 is 0 Å². The Kier molecular flexibility index (Phi) is 7.64. The Labute approximate surface area is 279 Å². The van der Waals surface area contributed by atoms with Crippen molar-refractivity contribution in [3.8, 4) is 23.3 Å². The number of rotatable bonds is 8. The number of aromatic nitrogens is 3. The van der Waals surface area contributed by atoms with Crippen LogP contribution in [0, 0.1) is 23.2 Å². The summed E-state index contributed by atoms with van der Waals surface area (Å²) in [6, 6.07) is 23.3. The molecular weight excluding hydrogens is 602 g/mol. The van der Waals surface area contributed by atoms with Crippen LogP contribution in [0.4, 0.5) is 0 Å². The fraction of sp³-hybridized carbons (Fsp3) is 0.368. The summed E-state index contributed by atoms with van der Waals surface area (Å²) in [4.78, 5) is 35.9. The number of imidazole rings is 1. The van der Waals surface area contributed by atoms with E-state index in [1.165, 1.54) is 23.7 Å². The zero-order valence-electron chi connectivity index (χ0n) is 27.1. The number of methoxy groups -OCH3 is 1.